The normalized spacial score (nSPS) is 30.4. The van der Waals surface area contributed by atoms with Crippen molar-refractivity contribution in [3.05, 3.63) is 33.8 Å². The third-order valence-corrected chi connectivity index (χ3v) is 3.80. The predicted octanol–water partition coefficient (Wildman–Crippen LogP) is 4.06. The molecule has 2 rings (SSSR count). The second-order valence-electron chi connectivity index (χ2n) is 4.43. The molecule has 0 bridgehead atoms. The Morgan fingerprint density at radius 2 is 1.88 bits per heavy atom. The molecular formula is C12H14Cl2FN. The first-order valence-corrected chi connectivity index (χ1v) is 6.17. The second-order valence-corrected chi connectivity index (χ2v) is 5.27. The van der Waals surface area contributed by atoms with Gasteiger partial charge in [-0.15, -0.1) is 0 Å². The molecular weight excluding hydrogens is 248 g/mol. The van der Waals surface area contributed by atoms with Crippen LogP contribution in [0.4, 0.5) is 4.39 Å². The van der Waals surface area contributed by atoms with Crippen molar-refractivity contribution < 1.29 is 4.39 Å². The highest BCUT2D eigenvalue weighted by Crippen LogP contribution is 2.43. The molecule has 1 aliphatic carbocycles. The van der Waals surface area contributed by atoms with Crippen LogP contribution in [0.5, 0.6) is 0 Å². The quantitative estimate of drug-likeness (QED) is 0.811. The molecule has 1 aromatic carbocycles. The Morgan fingerprint density at radius 3 is 2.50 bits per heavy atom. The van der Waals surface area contributed by atoms with Crippen LogP contribution in [0.15, 0.2) is 18.2 Å². The van der Waals surface area contributed by atoms with Crippen LogP contribution >= 0.6 is 23.2 Å². The number of alkyl halides is 1. The summed E-state index contributed by atoms with van der Waals surface area (Å²) in [5.74, 6) is 0. The first-order chi connectivity index (χ1) is 7.51. The minimum absolute atomic E-state index is 0.113. The van der Waals surface area contributed by atoms with E-state index < -0.39 is 5.67 Å². The summed E-state index contributed by atoms with van der Waals surface area (Å²) in [5.41, 5.74) is 4.92. The summed E-state index contributed by atoms with van der Waals surface area (Å²) in [6, 6.07) is 5.06. The van der Waals surface area contributed by atoms with Crippen LogP contribution in [0.25, 0.3) is 0 Å². The van der Waals surface area contributed by atoms with Crippen LogP contribution in [0.1, 0.15) is 31.2 Å². The van der Waals surface area contributed by atoms with Gasteiger partial charge in [0.2, 0.25) is 0 Å². The van der Waals surface area contributed by atoms with E-state index in [0.717, 1.165) is 0 Å². The van der Waals surface area contributed by atoms with E-state index in [1.807, 2.05) is 0 Å². The zero-order chi connectivity index (χ0) is 11.8. The number of benzene rings is 1. The molecule has 0 aliphatic heterocycles. The molecule has 1 nitrogen and oxygen atoms in total. The van der Waals surface area contributed by atoms with E-state index in [-0.39, 0.29) is 6.04 Å². The molecule has 0 spiro atoms. The Kier molecular flexibility index (Phi) is 3.43. The lowest BCUT2D eigenvalue weighted by Gasteiger charge is -2.33. The van der Waals surface area contributed by atoms with E-state index >= 15 is 0 Å². The SMILES string of the molecule is NC1CCC(F)(c2cc(Cl)ccc2Cl)CC1. The van der Waals surface area contributed by atoms with Gasteiger partial charge in [0, 0.05) is 21.7 Å². The average Bonchev–Trinajstić information content (AvgIpc) is 2.26. The molecule has 0 radical (unpaired) electrons. The molecule has 1 fully saturated rings. The van der Waals surface area contributed by atoms with E-state index in [1.54, 1.807) is 18.2 Å². The van der Waals surface area contributed by atoms with Crippen LogP contribution in [-0.4, -0.2) is 6.04 Å². The van der Waals surface area contributed by atoms with Gasteiger partial charge < -0.3 is 5.73 Å². The predicted molar refractivity (Wildman–Crippen MR) is 65.7 cm³/mol. The molecule has 0 heterocycles. The fourth-order valence-corrected chi connectivity index (χ4v) is 2.67. The topological polar surface area (TPSA) is 26.0 Å². The van der Waals surface area contributed by atoms with Gasteiger partial charge >= 0.3 is 0 Å². The van der Waals surface area contributed by atoms with Gasteiger partial charge in [-0.1, -0.05) is 23.2 Å². The second kappa shape index (κ2) is 4.52. The molecule has 0 atom stereocenters. The molecule has 1 saturated carbocycles. The van der Waals surface area contributed by atoms with Crippen molar-refractivity contribution >= 4 is 23.2 Å². The first-order valence-electron chi connectivity index (χ1n) is 5.41. The lowest BCUT2D eigenvalue weighted by atomic mass is 9.79. The Labute approximate surface area is 105 Å². The maximum atomic E-state index is 14.7. The number of hydrogen-bond donors (Lipinski definition) is 1. The maximum absolute atomic E-state index is 14.7. The highest BCUT2D eigenvalue weighted by molar-refractivity contribution is 6.33. The minimum Gasteiger partial charge on any atom is -0.328 e. The standard InChI is InChI=1S/C12H14Cl2FN/c13-8-1-2-11(14)10(7-8)12(15)5-3-9(16)4-6-12/h1-2,7,9H,3-6,16H2. The smallest absolute Gasteiger partial charge is 0.137 e. The van der Waals surface area contributed by atoms with Gasteiger partial charge in [-0.3, -0.25) is 0 Å². The lowest BCUT2D eigenvalue weighted by Crippen LogP contribution is -2.34. The average molecular weight is 262 g/mol. The molecule has 2 N–H and O–H groups in total. The number of halogens is 3. The van der Waals surface area contributed by atoms with E-state index in [4.69, 9.17) is 28.9 Å². The van der Waals surface area contributed by atoms with Crippen molar-refractivity contribution in [2.45, 2.75) is 37.4 Å². The van der Waals surface area contributed by atoms with Crippen LogP contribution in [0, 0.1) is 0 Å². The molecule has 0 unspecified atom stereocenters. The van der Waals surface area contributed by atoms with E-state index in [9.17, 15) is 4.39 Å². The van der Waals surface area contributed by atoms with Gasteiger partial charge in [0.05, 0.1) is 0 Å². The maximum Gasteiger partial charge on any atom is 0.137 e. The molecule has 0 saturated heterocycles. The van der Waals surface area contributed by atoms with Gasteiger partial charge in [-0.25, -0.2) is 4.39 Å². The molecule has 4 heteroatoms. The Bertz CT molecular complexity index is 387. The van der Waals surface area contributed by atoms with Gasteiger partial charge in [-0.05, 0) is 43.9 Å². The highest BCUT2D eigenvalue weighted by Gasteiger charge is 2.37. The third kappa shape index (κ3) is 2.34. The van der Waals surface area contributed by atoms with Crippen molar-refractivity contribution in [1.82, 2.24) is 0 Å². The van der Waals surface area contributed by atoms with Crippen LogP contribution in [-0.2, 0) is 5.67 Å². The Hall–Kier alpha value is -0.310. The van der Waals surface area contributed by atoms with Gasteiger partial charge in [-0.2, -0.15) is 0 Å². The van der Waals surface area contributed by atoms with Crippen molar-refractivity contribution in [3.8, 4) is 0 Å². The van der Waals surface area contributed by atoms with Gasteiger partial charge in [0.15, 0.2) is 0 Å². The summed E-state index contributed by atoms with van der Waals surface area (Å²) in [4.78, 5) is 0. The Balaban J connectivity index is 2.32. The zero-order valence-corrected chi connectivity index (χ0v) is 10.4. The van der Waals surface area contributed by atoms with Gasteiger partial charge in [0.1, 0.15) is 5.67 Å². The molecule has 0 aromatic heterocycles. The van der Waals surface area contributed by atoms with Crippen LogP contribution in [0.3, 0.4) is 0 Å². The molecule has 1 aromatic rings. The minimum atomic E-state index is -1.36. The van der Waals surface area contributed by atoms with E-state index in [1.165, 1.54) is 0 Å². The van der Waals surface area contributed by atoms with Crippen LogP contribution in [0.2, 0.25) is 10.0 Å². The summed E-state index contributed by atoms with van der Waals surface area (Å²) >= 11 is 11.9. The molecule has 88 valence electrons. The van der Waals surface area contributed by atoms with E-state index in [2.05, 4.69) is 0 Å². The fourth-order valence-electron chi connectivity index (χ4n) is 2.21. The molecule has 1 aliphatic rings. The van der Waals surface area contributed by atoms with Crippen LogP contribution < -0.4 is 5.73 Å². The fraction of sp³-hybridized carbons (Fsp3) is 0.500. The third-order valence-electron chi connectivity index (χ3n) is 3.23. The van der Waals surface area contributed by atoms with Gasteiger partial charge in [0.25, 0.3) is 0 Å². The zero-order valence-electron chi connectivity index (χ0n) is 8.85. The lowest BCUT2D eigenvalue weighted by molar-refractivity contribution is 0.0980. The summed E-state index contributed by atoms with van der Waals surface area (Å²) in [6.45, 7) is 0. The summed E-state index contributed by atoms with van der Waals surface area (Å²) in [5, 5.41) is 0.966. The highest BCUT2D eigenvalue weighted by atomic mass is 35.5. The monoisotopic (exact) mass is 261 g/mol. The first kappa shape index (κ1) is 12.2. The summed E-state index contributed by atoms with van der Waals surface area (Å²) < 4.78 is 14.7. The Morgan fingerprint density at radius 1 is 1.25 bits per heavy atom. The summed E-state index contributed by atoms with van der Waals surface area (Å²) in [7, 11) is 0. The van der Waals surface area contributed by atoms with E-state index in [0.29, 0.717) is 41.3 Å². The number of rotatable bonds is 1. The van der Waals surface area contributed by atoms with Crippen molar-refractivity contribution in [1.29, 1.82) is 0 Å². The molecule has 16 heavy (non-hydrogen) atoms. The summed E-state index contributed by atoms with van der Waals surface area (Å²) in [6.07, 6.45) is 2.24. The van der Waals surface area contributed by atoms with Crippen molar-refractivity contribution in [2.75, 3.05) is 0 Å². The number of hydrogen-bond acceptors (Lipinski definition) is 1. The van der Waals surface area contributed by atoms with Crippen molar-refractivity contribution in [3.63, 3.8) is 0 Å². The molecule has 0 amide bonds. The van der Waals surface area contributed by atoms with Crippen molar-refractivity contribution in [2.24, 2.45) is 5.73 Å². The number of nitrogens with two attached hydrogens (primary N) is 1. The largest absolute Gasteiger partial charge is 0.328 e.